The highest BCUT2D eigenvalue weighted by Crippen LogP contribution is 2.29. The third kappa shape index (κ3) is 3.23. The van der Waals surface area contributed by atoms with E-state index >= 15 is 0 Å². The van der Waals surface area contributed by atoms with E-state index in [1.807, 2.05) is 6.20 Å². The van der Waals surface area contributed by atoms with Gasteiger partial charge in [0.05, 0.1) is 26.5 Å². The quantitative estimate of drug-likeness (QED) is 0.756. The lowest BCUT2D eigenvalue weighted by atomic mass is 10.3. The Labute approximate surface area is 119 Å². The summed E-state index contributed by atoms with van der Waals surface area (Å²) >= 11 is 3.38. The molecule has 0 aromatic carbocycles. The van der Waals surface area contributed by atoms with Gasteiger partial charge in [-0.1, -0.05) is 21.1 Å². The molecule has 0 saturated carbocycles. The molecule has 102 valence electrons. The molecule has 0 aliphatic rings. The number of aromatic nitrogens is 4. The maximum atomic E-state index is 5.34. The zero-order chi connectivity index (χ0) is 13.7. The van der Waals surface area contributed by atoms with Crippen LogP contribution in [-0.4, -0.2) is 39.5 Å². The number of ether oxygens (including phenoxy) is 2. The van der Waals surface area contributed by atoms with Crippen LogP contribution < -0.4 is 9.47 Å². The predicted octanol–water partition coefficient (Wildman–Crippen LogP) is 1.68. The second-order valence-corrected chi connectivity index (χ2v) is 4.63. The summed E-state index contributed by atoms with van der Waals surface area (Å²) in [4.78, 5) is 4.31. The van der Waals surface area contributed by atoms with Gasteiger partial charge in [0.25, 0.3) is 0 Å². The third-order valence-corrected chi connectivity index (χ3v) is 3.01. The van der Waals surface area contributed by atoms with Gasteiger partial charge in [-0.15, -0.1) is 5.10 Å². The number of aryl methyl sites for hydroxylation is 1. The number of methoxy groups -OCH3 is 2. The van der Waals surface area contributed by atoms with Gasteiger partial charge in [-0.25, -0.2) is 4.68 Å². The van der Waals surface area contributed by atoms with Gasteiger partial charge in [-0.2, -0.15) is 0 Å². The van der Waals surface area contributed by atoms with Crippen molar-refractivity contribution in [2.75, 3.05) is 19.5 Å². The van der Waals surface area contributed by atoms with Gasteiger partial charge >= 0.3 is 0 Å². The molecule has 2 aromatic heterocycles. The number of hydrogen-bond acceptors (Lipinski definition) is 5. The molecule has 0 atom stereocenters. The van der Waals surface area contributed by atoms with Crippen LogP contribution in [-0.2, 0) is 13.0 Å². The summed E-state index contributed by atoms with van der Waals surface area (Å²) in [6.07, 6.45) is 4.44. The molecule has 0 amide bonds. The first-order chi connectivity index (χ1) is 9.28. The largest absolute Gasteiger partial charge is 0.493 e. The van der Waals surface area contributed by atoms with Crippen LogP contribution in [0.25, 0.3) is 0 Å². The van der Waals surface area contributed by atoms with Crippen LogP contribution in [0, 0.1) is 0 Å². The fraction of sp³-hybridized carbons (Fsp3) is 0.417. The van der Waals surface area contributed by atoms with Crippen molar-refractivity contribution >= 4 is 15.9 Å². The maximum Gasteiger partial charge on any atom is 0.184 e. The minimum atomic E-state index is 0.496. The smallest absolute Gasteiger partial charge is 0.184 e. The van der Waals surface area contributed by atoms with Crippen molar-refractivity contribution in [2.45, 2.75) is 13.0 Å². The van der Waals surface area contributed by atoms with Crippen molar-refractivity contribution in [1.82, 2.24) is 20.0 Å². The van der Waals surface area contributed by atoms with E-state index in [9.17, 15) is 0 Å². The molecular formula is C12H15BrN4O2. The monoisotopic (exact) mass is 326 g/mol. The summed E-state index contributed by atoms with van der Waals surface area (Å²) in [5, 5.41) is 9.02. The Kier molecular flexibility index (Phi) is 4.73. The molecular weight excluding hydrogens is 312 g/mol. The van der Waals surface area contributed by atoms with Gasteiger partial charge in [0.15, 0.2) is 11.5 Å². The van der Waals surface area contributed by atoms with E-state index in [1.165, 1.54) is 0 Å². The van der Waals surface area contributed by atoms with Crippen LogP contribution in [0.2, 0.25) is 0 Å². The average molecular weight is 327 g/mol. The molecule has 0 aliphatic carbocycles. The SMILES string of the molecule is COc1ccnc(Cn2cc(CCBr)nn2)c1OC. The Balaban J connectivity index is 2.22. The van der Waals surface area contributed by atoms with E-state index < -0.39 is 0 Å². The van der Waals surface area contributed by atoms with Gasteiger partial charge in [0.1, 0.15) is 5.69 Å². The van der Waals surface area contributed by atoms with Crippen molar-refractivity contribution in [2.24, 2.45) is 0 Å². The van der Waals surface area contributed by atoms with Crippen molar-refractivity contribution in [3.8, 4) is 11.5 Å². The number of pyridine rings is 1. The molecule has 0 bridgehead atoms. The standard InChI is InChI=1S/C12H15BrN4O2/c1-18-11-4-6-14-10(12(11)19-2)8-17-7-9(3-5-13)15-16-17/h4,6-7H,3,5,8H2,1-2H3. The van der Waals surface area contributed by atoms with Gasteiger partial charge < -0.3 is 9.47 Å². The molecule has 0 fully saturated rings. The molecule has 2 rings (SSSR count). The van der Waals surface area contributed by atoms with Gasteiger partial charge in [-0.05, 0) is 0 Å². The van der Waals surface area contributed by atoms with Gasteiger partial charge in [0, 0.05) is 30.2 Å². The van der Waals surface area contributed by atoms with Crippen LogP contribution >= 0.6 is 15.9 Å². The Hall–Kier alpha value is -1.63. The minimum Gasteiger partial charge on any atom is -0.493 e. The molecule has 0 unspecified atom stereocenters. The summed E-state index contributed by atoms with van der Waals surface area (Å²) in [6.45, 7) is 0.496. The molecule has 0 radical (unpaired) electrons. The number of halogens is 1. The Morgan fingerprint density at radius 3 is 2.84 bits per heavy atom. The fourth-order valence-corrected chi connectivity index (χ4v) is 2.15. The summed E-state index contributed by atoms with van der Waals surface area (Å²) in [5.41, 5.74) is 1.70. The molecule has 0 N–H and O–H groups in total. The maximum absolute atomic E-state index is 5.34. The normalized spacial score (nSPS) is 10.5. The molecule has 0 saturated heterocycles. The molecule has 6 nitrogen and oxygen atoms in total. The van der Waals surface area contributed by atoms with Crippen LogP contribution in [0.4, 0.5) is 0 Å². The number of hydrogen-bond donors (Lipinski definition) is 0. The van der Waals surface area contributed by atoms with E-state index in [0.29, 0.717) is 18.0 Å². The number of alkyl halides is 1. The zero-order valence-electron chi connectivity index (χ0n) is 10.8. The van der Waals surface area contributed by atoms with Crippen LogP contribution in [0.5, 0.6) is 11.5 Å². The zero-order valence-corrected chi connectivity index (χ0v) is 12.4. The lowest BCUT2D eigenvalue weighted by Crippen LogP contribution is -2.05. The third-order valence-electron chi connectivity index (χ3n) is 2.61. The predicted molar refractivity (Wildman–Crippen MR) is 74.0 cm³/mol. The van der Waals surface area contributed by atoms with Crippen LogP contribution in [0.3, 0.4) is 0 Å². The first kappa shape index (κ1) is 13.8. The summed E-state index contributed by atoms with van der Waals surface area (Å²) in [5.74, 6) is 1.29. The molecule has 7 heteroatoms. The minimum absolute atomic E-state index is 0.496. The van der Waals surface area contributed by atoms with E-state index in [-0.39, 0.29) is 0 Å². The van der Waals surface area contributed by atoms with Crippen molar-refractivity contribution in [3.05, 3.63) is 29.8 Å². The number of rotatable bonds is 6. The molecule has 19 heavy (non-hydrogen) atoms. The highest BCUT2D eigenvalue weighted by atomic mass is 79.9. The van der Waals surface area contributed by atoms with Crippen molar-refractivity contribution in [3.63, 3.8) is 0 Å². The first-order valence-electron chi connectivity index (χ1n) is 5.79. The van der Waals surface area contributed by atoms with E-state index in [0.717, 1.165) is 23.1 Å². The Morgan fingerprint density at radius 2 is 2.16 bits per heavy atom. The van der Waals surface area contributed by atoms with Gasteiger partial charge in [0.2, 0.25) is 0 Å². The Bertz CT molecular complexity index is 544. The van der Waals surface area contributed by atoms with E-state index in [1.54, 1.807) is 31.2 Å². The van der Waals surface area contributed by atoms with Crippen molar-refractivity contribution in [1.29, 1.82) is 0 Å². The second kappa shape index (κ2) is 6.51. The average Bonchev–Trinajstić information content (AvgIpc) is 2.86. The topological polar surface area (TPSA) is 62.1 Å². The van der Waals surface area contributed by atoms with Gasteiger partial charge in [-0.3, -0.25) is 4.98 Å². The highest BCUT2D eigenvalue weighted by molar-refractivity contribution is 9.09. The summed E-state index contributed by atoms with van der Waals surface area (Å²) in [6, 6.07) is 1.76. The Morgan fingerprint density at radius 1 is 1.32 bits per heavy atom. The molecule has 2 heterocycles. The second-order valence-electron chi connectivity index (χ2n) is 3.84. The lowest BCUT2D eigenvalue weighted by molar-refractivity contribution is 0.348. The van der Waals surface area contributed by atoms with E-state index in [4.69, 9.17) is 9.47 Å². The number of nitrogens with zero attached hydrogens (tertiary/aromatic N) is 4. The molecule has 0 spiro atoms. The van der Waals surface area contributed by atoms with E-state index in [2.05, 4.69) is 31.2 Å². The highest BCUT2D eigenvalue weighted by Gasteiger charge is 2.12. The summed E-state index contributed by atoms with van der Waals surface area (Å²) in [7, 11) is 3.20. The van der Waals surface area contributed by atoms with Crippen LogP contribution in [0.15, 0.2) is 18.5 Å². The fourth-order valence-electron chi connectivity index (χ4n) is 1.74. The molecule has 0 aliphatic heterocycles. The van der Waals surface area contributed by atoms with Crippen LogP contribution in [0.1, 0.15) is 11.4 Å². The first-order valence-corrected chi connectivity index (χ1v) is 6.91. The van der Waals surface area contributed by atoms with Crippen molar-refractivity contribution < 1.29 is 9.47 Å². The summed E-state index contributed by atoms with van der Waals surface area (Å²) < 4.78 is 12.3. The molecule has 2 aromatic rings. The lowest BCUT2D eigenvalue weighted by Gasteiger charge is -2.11.